The molecule has 17 heavy (non-hydrogen) atoms. The molecule has 1 heterocycles. The Balaban J connectivity index is 2.34. The van der Waals surface area contributed by atoms with Crippen LogP contribution in [0.3, 0.4) is 0 Å². The lowest BCUT2D eigenvalue weighted by Crippen LogP contribution is -2.03. The predicted molar refractivity (Wildman–Crippen MR) is 69.8 cm³/mol. The number of nitrogens with zero attached hydrogens (tertiary/aromatic N) is 1. The molecule has 0 amide bonds. The van der Waals surface area contributed by atoms with Crippen molar-refractivity contribution in [2.45, 2.75) is 4.90 Å². The molecule has 3 nitrogen and oxygen atoms in total. The van der Waals surface area contributed by atoms with Gasteiger partial charge in [0.25, 0.3) is 0 Å². The molecule has 0 aliphatic carbocycles. The molecule has 88 valence electrons. The minimum Gasteiger partial charge on any atom is -0.252 e. The maximum absolute atomic E-state index is 11.7. The fourth-order valence-electron chi connectivity index (χ4n) is 1.44. The van der Waals surface area contributed by atoms with E-state index in [0.29, 0.717) is 4.90 Å². The zero-order chi connectivity index (χ0) is 12.3. The molecule has 0 atom stereocenters. The van der Waals surface area contributed by atoms with Crippen LogP contribution in [0.25, 0.3) is 10.4 Å². The topological polar surface area (TPSA) is 47.0 Å². The highest BCUT2D eigenvalue weighted by molar-refractivity contribution is 7.91. The first-order valence-corrected chi connectivity index (χ1v) is 7.49. The fraction of sp³-hybridized carbons (Fsp3) is 0.0833. The van der Waals surface area contributed by atoms with E-state index in [1.54, 1.807) is 36.0 Å². The van der Waals surface area contributed by atoms with E-state index in [1.165, 1.54) is 17.4 Å². The Morgan fingerprint density at radius 3 is 2.53 bits per heavy atom. The molecule has 0 saturated carbocycles. The third-order valence-corrected chi connectivity index (χ3v) is 4.75. The summed E-state index contributed by atoms with van der Waals surface area (Å²) in [7, 11) is -3.23. The van der Waals surface area contributed by atoms with E-state index in [1.807, 2.05) is 0 Å². The molecular weight excluding hydrogens is 254 g/mol. The first-order valence-electron chi connectivity index (χ1n) is 4.96. The van der Waals surface area contributed by atoms with Gasteiger partial charge in [0.1, 0.15) is 0 Å². The molecule has 0 aliphatic rings. The van der Waals surface area contributed by atoms with Gasteiger partial charge in [-0.15, -0.1) is 17.9 Å². The fourth-order valence-corrected chi connectivity index (χ4v) is 3.12. The Hall–Kier alpha value is -1.46. The van der Waals surface area contributed by atoms with Crippen molar-refractivity contribution in [2.75, 3.05) is 5.75 Å². The minimum absolute atomic E-state index is 0.0348. The molecule has 0 N–H and O–H groups in total. The summed E-state index contributed by atoms with van der Waals surface area (Å²) in [6.07, 6.45) is 3.16. The van der Waals surface area contributed by atoms with Crippen LogP contribution in [0.1, 0.15) is 0 Å². The number of hydrogen-bond acceptors (Lipinski definition) is 4. The molecule has 0 fully saturated rings. The maximum Gasteiger partial charge on any atom is 0.181 e. The summed E-state index contributed by atoms with van der Waals surface area (Å²) in [5, 5.41) is 0. The molecule has 0 saturated heterocycles. The monoisotopic (exact) mass is 265 g/mol. The highest BCUT2D eigenvalue weighted by atomic mass is 32.2. The number of aromatic nitrogens is 1. The average molecular weight is 265 g/mol. The van der Waals surface area contributed by atoms with Crippen molar-refractivity contribution in [3.8, 4) is 10.4 Å². The number of hydrogen-bond donors (Lipinski definition) is 0. The van der Waals surface area contributed by atoms with Crippen molar-refractivity contribution in [1.82, 2.24) is 4.98 Å². The number of thiazole rings is 1. The zero-order valence-electron chi connectivity index (χ0n) is 9.04. The second kappa shape index (κ2) is 4.81. The maximum atomic E-state index is 11.7. The summed E-state index contributed by atoms with van der Waals surface area (Å²) in [6.45, 7) is 3.44. The normalized spacial score (nSPS) is 11.3. The SMILES string of the molecule is C=CCS(=O)(=O)c1ccc(-c2cncs2)cc1. The lowest BCUT2D eigenvalue weighted by molar-refractivity contribution is 0.599. The minimum atomic E-state index is -3.23. The van der Waals surface area contributed by atoms with Gasteiger partial charge in [0, 0.05) is 6.20 Å². The van der Waals surface area contributed by atoms with E-state index in [0.717, 1.165) is 10.4 Å². The van der Waals surface area contributed by atoms with Crippen molar-refractivity contribution in [2.24, 2.45) is 0 Å². The standard InChI is InChI=1S/C12H11NO2S2/c1-2-7-17(14,15)11-5-3-10(4-6-11)12-8-13-9-16-12/h2-6,8-9H,1,7H2. The van der Waals surface area contributed by atoms with Gasteiger partial charge in [0.05, 0.1) is 21.0 Å². The Labute approximate surface area is 104 Å². The van der Waals surface area contributed by atoms with Crippen LogP contribution in [0.5, 0.6) is 0 Å². The summed E-state index contributed by atoms with van der Waals surface area (Å²) in [5.74, 6) is -0.0348. The summed E-state index contributed by atoms with van der Waals surface area (Å²) in [5.41, 5.74) is 2.72. The van der Waals surface area contributed by atoms with E-state index in [9.17, 15) is 8.42 Å². The largest absolute Gasteiger partial charge is 0.252 e. The lowest BCUT2D eigenvalue weighted by atomic mass is 10.2. The van der Waals surface area contributed by atoms with Crippen molar-refractivity contribution in [3.05, 3.63) is 48.6 Å². The quantitative estimate of drug-likeness (QED) is 0.799. The van der Waals surface area contributed by atoms with Crippen LogP contribution in [0.2, 0.25) is 0 Å². The molecular formula is C12H11NO2S2. The molecule has 0 bridgehead atoms. The average Bonchev–Trinajstić information content (AvgIpc) is 2.82. The van der Waals surface area contributed by atoms with Gasteiger partial charge in [-0.3, -0.25) is 4.98 Å². The van der Waals surface area contributed by atoms with Crippen LogP contribution >= 0.6 is 11.3 Å². The van der Waals surface area contributed by atoms with E-state index in [-0.39, 0.29) is 5.75 Å². The van der Waals surface area contributed by atoms with Crippen molar-refractivity contribution in [1.29, 1.82) is 0 Å². The summed E-state index contributed by atoms with van der Waals surface area (Å²) in [6, 6.07) is 6.83. The number of benzene rings is 1. The second-order valence-electron chi connectivity index (χ2n) is 3.46. The van der Waals surface area contributed by atoms with Crippen molar-refractivity contribution in [3.63, 3.8) is 0 Å². The molecule has 2 aromatic rings. The third-order valence-electron chi connectivity index (χ3n) is 2.27. The zero-order valence-corrected chi connectivity index (χ0v) is 10.7. The van der Waals surface area contributed by atoms with Crippen LogP contribution in [0.15, 0.2) is 53.5 Å². The van der Waals surface area contributed by atoms with Gasteiger partial charge in [-0.25, -0.2) is 8.42 Å². The Morgan fingerprint density at radius 2 is 2.00 bits per heavy atom. The smallest absolute Gasteiger partial charge is 0.181 e. The van der Waals surface area contributed by atoms with Crippen molar-refractivity contribution >= 4 is 21.2 Å². The Morgan fingerprint density at radius 1 is 1.29 bits per heavy atom. The van der Waals surface area contributed by atoms with Gasteiger partial charge in [-0.1, -0.05) is 18.2 Å². The highest BCUT2D eigenvalue weighted by Gasteiger charge is 2.12. The molecule has 0 unspecified atom stereocenters. The summed E-state index contributed by atoms with van der Waals surface area (Å²) >= 11 is 1.52. The highest BCUT2D eigenvalue weighted by Crippen LogP contribution is 2.24. The molecule has 5 heteroatoms. The van der Waals surface area contributed by atoms with Gasteiger partial charge < -0.3 is 0 Å². The molecule has 2 rings (SSSR count). The molecule has 0 spiro atoms. The molecule has 1 aromatic heterocycles. The van der Waals surface area contributed by atoms with E-state index in [2.05, 4.69) is 11.6 Å². The van der Waals surface area contributed by atoms with Crippen LogP contribution in [-0.2, 0) is 9.84 Å². The predicted octanol–water partition coefficient (Wildman–Crippen LogP) is 2.77. The van der Waals surface area contributed by atoms with Gasteiger partial charge >= 0.3 is 0 Å². The molecule has 0 radical (unpaired) electrons. The summed E-state index contributed by atoms with van der Waals surface area (Å²) < 4.78 is 23.5. The third kappa shape index (κ3) is 2.62. The second-order valence-corrected chi connectivity index (χ2v) is 6.38. The van der Waals surface area contributed by atoms with E-state index < -0.39 is 9.84 Å². The Kier molecular flexibility index (Phi) is 3.40. The van der Waals surface area contributed by atoms with Crippen LogP contribution in [0, 0.1) is 0 Å². The van der Waals surface area contributed by atoms with Gasteiger partial charge in [0.2, 0.25) is 0 Å². The van der Waals surface area contributed by atoms with Crippen LogP contribution in [-0.4, -0.2) is 19.2 Å². The van der Waals surface area contributed by atoms with Crippen LogP contribution in [0.4, 0.5) is 0 Å². The van der Waals surface area contributed by atoms with Gasteiger partial charge in [-0.05, 0) is 17.7 Å². The van der Waals surface area contributed by atoms with Gasteiger partial charge in [0.15, 0.2) is 9.84 Å². The first-order chi connectivity index (χ1) is 8.13. The van der Waals surface area contributed by atoms with Crippen molar-refractivity contribution < 1.29 is 8.42 Å². The number of rotatable bonds is 4. The molecule has 0 aliphatic heterocycles. The van der Waals surface area contributed by atoms with E-state index in [4.69, 9.17) is 0 Å². The lowest BCUT2D eigenvalue weighted by Gasteiger charge is -2.02. The van der Waals surface area contributed by atoms with Crippen LogP contribution < -0.4 is 0 Å². The Bertz CT molecular complexity index is 598. The summed E-state index contributed by atoms with van der Waals surface area (Å²) in [4.78, 5) is 5.34. The van der Waals surface area contributed by atoms with Gasteiger partial charge in [-0.2, -0.15) is 0 Å². The number of sulfone groups is 1. The molecule has 1 aromatic carbocycles. The van der Waals surface area contributed by atoms with E-state index >= 15 is 0 Å². The first kappa shape index (κ1) is 12.0.